The molecule has 2 atom stereocenters. The van der Waals surface area contributed by atoms with Crippen LogP contribution in [0.3, 0.4) is 0 Å². The number of imidazole rings is 1. The van der Waals surface area contributed by atoms with Crippen LogP contribution in [0.1, 0.15) is 0 Å². The second-order valence-electron chi connectivity index (χ2n) is 3.65. The summed E-state index contributed by atoms with van der Waals surface area (Å²) in [5.41, 5.74) is 6.52. The first-order valence-corrected chi connectivity index (χ1v) is 5.01. The Morgan fingerprint density at radius 1 is 1.24 bits per heavy atom. The third kappa shape index (κ3) is 2.18. The molecule has 2 heterocycles. The number of aliphatic hydroxyl groups excluding tert-OH is 3. The average Bonchev–Trinajstić information content (AvgIpc) is 2.73. The fraction of sp³-hybridized carbons (Fsp3) is 0.444. The van der Waals surface area contributed by atoms with Gasteiger partial charge in [0.25, 0.3) is 0 Å². The molecule has 0 saturated carbocycles. The van der Waals surface area contributed by atoms with Gasteiger partial charge in [0.1, 0.15) is 24.1 Å². The maximum atomic E-state index is 9.58. The molecule has 0 aliphatic rings. The summed E-state index contributed by atoms with van der Waals surface area (Å²) in [6.45, 7) is -0.445. The summed E-state index contributed by atoms with van der Waals surface area (Å²) in [6, 6.07) is 0. The van der Waals surface area contributed by atoms with E-state index in [1.807, 2.05) is 0 Å². The molecule has 2 rings (SSSR count). The molecular weight excluding hydrogens is 226 g/mol. The molecule has 8 nitrogen and oxygen atoms in total. The first kappa shape index (κ1) is 11.7. The first-order valence-electron chi connectivity index (χ1n) is 5.01. The lowest BCUT2D eigenvalue weighted by molar-refractivity contribution is -0.0211. The van der Waals surface area contributed by atoms with Gasteiger partial charge in [-0.05, 0) is 0 Å². The predicted molar refractivity (Wildman–Crippen MR) is 58.8 cm³/mol. The number of nitrogens with two attached hydrogens (primary N) is 1. The summed E-state index contributed by atoms with van der Waals surface area (Å²) in [7, 11) is 0. The highest BCUT2D eigenvalue weighted by Gasteiger charge is 2.17. The quantitative estimate of drug-likeness (QED) is 0.491. The molecule has 0 unspecified atom stereocenters. The highest BCUT2D eigenvalue weighted by molar-refractivity contribution is 5.81. The molecule has 0 amide bonds. The van der Waals surface area contributed by atoms with Crippen LogP contribution < -0.4 is 5.73 Å². The minimum Gasteiger partial charge on any atom is -0.394 e. The van der Waals surface area contributed by atoms with E-state index in [4.69, 9.17) is 10.8 Å². The lowest BCUT2D eigenvalue weighted by Gasteiger charge is -2.15. The van der Waals surface area contributed by atoms with Crippen LogP contribution in [0.15, 0.2) is 12.7 Å². The van der Waals surface area contributed by atoms with E-state index in [0.29, 0.717) is 11.2 Å². The molecule has 0 spiro atoms. The second-order valence-corrected chi connectivity index (χ2v) is 3.65. The standard InChI is InChI=1S/C9H13N5O3/c10-8-7-9(12-3-11-8)14(4-13-7)1-5(16)6(17)2-15/h3-6,15-17H,1-2H2,(H2,10,11,12)/t5-,6-/m0/s1. The van der Waals surface area contributed by atoms with Crippen LogP contribution in [0, 0.1) is 0 Å². The molecule has 8 heteroatoms. The Hall–Kier alpha value is -1.77. The number of fused-ring (bicyclic) bond motifs is 1. The van der Waals surface area contributed by atoms with Crippen LogP contribution in [0.5, 0.6) is 0 Å². The van der Waals surface area contributed by atoms with E-state index >= 15 is 0 Å². The molecule has 2 aromatic rings. The Morgan fingerprint density at radius 3 is 2.71 bits per heavy atom. The fourth-order valence-electron chi connectivity index (χ4n) is 1.48. The predicted octanol–water partition coefficient (Wildman–Crippen LogP) is -1.88. The molecule has 0 fully saturated rings. The zero-order valence-electron chi connectivity index (χ0n) is 8.93. The van der Waals surface area contributed by atoms with Crippen molar-refractivity contribution in [3.8, 4) is 0 Å². The molecule has 5 N–H and O–H groups in total. The normalized spacial score (nSPS) is 15.0. The van der Waals surface area contributed by atoms with Gasteiger partial charge < -0.3 is 25.6 Å². The molecular formula is C9H13N5O3. The van der Waals surface area contributed by atoms with E-state index in [9.17, 15) is 10.2 Å². The fourth-order valence-corrected chi connectivity index (χ4v) is 1.48. The topological polar surface area (TPSA) is 130 Å². The van der Waals surface area contributed by atoms with Gasteiger partial charge in [0.15, 0.2) is 11.5 Å². The van der Waals surface area contributed by atoms with Crippen molar-refractivity contribution in [2.75, 3.05) is 12.3 Å². The molecule has 2 aromatic heterocycles. The lowest BCUT2D eigenvalue weighted by Crippen LogP contribution is -2.33. The molecule has 0 radical (unpaired) electrons. The molecule has 0 saturated heterocycles. The van der Waals surface area contributed by atoms with Crippen LogP contribution in [-0.2, 0) is 6.54 Å². The molecule has 0 bridgehead atoms. The molecule has 17 heavy (non-hydrogen) atoms. The summed E-state index contributed by atoms with van der Waals surface area (Å²) in [4.78, 5) is 11.8. The Morgan fingerprint density at radius 2 is 2.00 bits per heavy atom. The van der Waals surface area contributed by atoms with Crippen molar-refractivity contribution in [1.29, 1.82) is 0 Å². The lowest BCUT2D eigenvalue weighted by atomic mass is 10.2. The maximum absolute atomic E-state index is 9.58. The van der Waals surface area contributed by atoms with Gasteiger partial charge in [-0.1, -0.05) is 0 Å². The number of hydrogen-bond acceptors (Lipinski definition) is 7. The largest absolute Gasteiger partial charge is 0.394 e. The summed E-state index contributed by atoms with van der Waals surface area (Å²) >= 11 is 0. The monoisotopic (exact) mass is 239 g/mol. The van der Waals surface area contributed by atoms with Crippen molar-refractivity contribution >= 4 is 17.0 Å². The smallest absolute Gasteiger partial charge is 0.165 e. The van der Waals surface area contributed by atoms with Crippen molar-refractivity contribution in [2.45, 2.75) is 18.8 Å². The van der Waals surface area contributed by atoms with Gasteiger partial charge in [-0.3, -0.25) is 0 Å². The second kappa shape index (κ2) is 4.62. The third-order valence-electron chi connectivity index (χ3n) is 2.44. The zero-order chi connectivity index (χ0) is 12.4. The van der Waals surface area contributed by atoms with Crippen LogP contribution in [0.25, 0.3) is 11.2 Å². The molecule has 0 aliphatic heterocycles. The number of anilines is 1. The van der Waals surface area contributed by atoms with Crippen LogP contribution in [0.4, 0.5) is 5.82 Å². The van der Waals surface area contributed by atoms with Gasteiger partial charge in [-0.2, -0.15) is 0 Å². The number of nitrogen functional groups attached to an aromatic ring is 1. The maximum Gasteiger partial charge on any atom is 0.165 e. The Balaban J connectivity index is 2.28. The van der Waals surface area contributed by atoms with Gasteiger partial charge in [0.05, 0.1) is 19.5 Å². The summed E-state index contributed by atoms with van der Waals surface area (Å²) < 4.78 is 1.54. The van der Waals surface area contributed by atoms with Crippen molar-refractivity contribution in [2.24, 2.45) is 0 Å². The SMILES string of the molecule is Nc1ncnc2c1ncn2C[C@H](O)[C@@H](O)CO. The van der Waals surface area contributed by atoms with Gasteiger partial charge in [0.2, 0.25) is 0 Å². The van der Waals surface area contributed by atoms with Gasteiger partial charge >= 0.3 is 0 Å². The Kier molecular flexibility index (Phi) is 3.18. The van der Waals surface area contributed by atoms with Crippen molar-refractivity contribution < 1.29 is 15.3 Å². The number of hydrogen-bond donors (Lipinski definition) is 4. The molecule has 92 valence electrons. The zero-order valence-corrected chi connectivity index (χ0v) is 8.93. The molecule has 0 aliphatic carbocycles. The number of aromatic nitrogens is 4. The summed E-state index contributed by atoms with van der Waals surface area (Å²) in [6.07, 6.45) is 0.438. The van der Waals surface area contributed by atoms with Gasteiger partial charge in [-0.25, -0.2) is 15.0 Å². The van der Waals surface area contributed by atoms with E-state index in [1.165, 1.54) is 17.2 Å². The van der Waals surface area contributed by atoms with Crippen molar-refractivity contribution in [1.82, 2.24) is 19.5 Å². The van der Waals surface area contributed by atoms with E-state index in [1.54, 1.807) is 0 Å². The average molecular weight is 239 g/mol. The Bertz CT molecular complexity index is 514. The van der Waals surface area contributed by atoms with E-state index in [0.717, 1.165) is 0 Å². The minimum atomic E-state index is -1.20. The van der Waals surface area contributed by atoms with E-state index in [2.05, 4.69) is 15.0 Å². The van der Waals surface area contributed by atoms with Crippen LogP contribution >= 0.6 is 0 Å². The van der Waals surface area contributed by atoms with Gasteiger partial charge in [-0.15, -0.1) is 0 Å². The highest BCUT2D eigenvalue weighted by Crippen LogP contribution is 2.14. The van der Waals surface area contributed by atoms with Crippen LogP contribution in [-0.4, -0.2) is 53.7 Å². The van der Waals surface area contributed by atoms with E-state index in [-0.39, 0.29) is 12.4 Å². The number of nitrogens with zero attached hydrogens (tertiary/aromatic N) is 4. The van der Waals surface area contributed by atoms with Crippen LogP contribution in [0.2, 0.25) is 0 Å². The number of aliphatic hydroxyl groups is 3. The van der Waals surface area contributed by atoms with Crippen molar-refractivity contribution in [3.05, 3.63) is 12.7 Å². The summed E-state index contributed by atoms with van der Waals surface area (Å²) in [5, 5.41) is 27.6. The molecule has 0 aromatic carbocycles. The summed E-state index contributed by atoms with van der Waals surface area (Å²) in [5.74, 6) is 0.256. The van der Waals surface area contributed by atoms with E-state index < -0.39 is 18.8 Å². The van der Waals surface area contributed by atoms with Gasteiger partial charge in [0, 0.05) is 0 Å². The first-order chi connectivity index (χ1) is 8.13. The Labute approximate surface area is 96.4 Å². The third-order valence-corrected chi connectivity index (χ3v) is 2.44. The highest BCUT2D eigenvalue weighted by atomic mass is 16.4. The minimum absolute atomic E-state index is 0.0642. The number of rotatable bonds is 4. The van der Waals surface area contributed by atoms with Crippen molar-refractivity contribution in [3.63, 3.8) is 0 Å².